The molecule has 0 unspecified atom stereocenters. The van der Waals surface area contributed by atoms with Gasteiger partial charge in [-0.05, 0) is 22.3 Å². The van der Waals surface area contributed by atoms with Gasteiger partial charge < -0.3 is 0 Å². The van der Waals surface area contributed by atoms with Gasteiger partial charge in [-0.25, -0.2) is 0 Å². The van der Waals surface area contributed by atoms with Gasteiger partial charge in [0.25, 0.3) is 0 Å². The molecule has 18 heavy (non-hydrogen) atoms. The molecule has 0 radical (unpaired) electrons. The van der Waals surface area contributed by atoms with Crippen molar-refractivity contribution in [1.82, 2.24) is 0 Å². The van der Waals surface area contributed by atoms with Crippen molar-refractivity contribution in [2.24, 2.45) is 10.8 Å². The second-order valence-corrected chi connectivity index (χ2v) is 5.79. The highest BCUT2D eigenvalue weighted by Crippen LogP contribution is 2.64. The van der Waals surface area contributed by atoms with Crippen molar-refractivity contribution in [2.45, 2.75) is 13.8 Å². The molecule has 0 N–H and O–H groups in total. The molecule has 0 heteroatoms. The zero-order valence-corrected chi connectivity index (χ0v) is 10.8. The number of hydrogen-bond donors (Lipinski definition) is 0. The number of hydrogen-bond acceptors (Lipinski definition) is 0. The van der Waals surface area contributed by atoms with Crippen molar-refractivity contribution in [3.05, 3.63) is 83.1 Å². The monoisotopic (exact) mass is 232 g/mol. The first-order chi connectivity index (χ1) is 8.67. The Morgan fingerprint density at radius 3 is 1.39 bits per heavy atom. The maximum absolute atomic E-state index is 2.39. The molecule has 0 amide bonds. The van der Waals surface area contributed by atoms with E-state index in [-0.39, 0.29) is 10.8 Å². The molecule has 0 heterocycles. The summed E-state index contributed by atoms with van der Waals surface area (Å²) in [5.74, 6) is 0. The van der Waals surface area contributed by atoms with Crippen molar-refractivity contribution in [3.8, 4) is 0 Å². The van der Waals surface area contributed by atoms with Crippen LogP contribution in [0.1, 0.15) is 13.8 Å². The predicted molar refractivity (Wildman–Crippen MR) is 76.0 cm³/mol. The fourth-order valence-corrected chi connectivity index (χ4v) is 3.91. The molecule has 4 aliphatic rings. The molecule has 0 aromatic heterocycles. The summed E-state index contributed by atoms with van der Waals surface area (Å²) in [6, 6.07) is 0. The smallest absolute Gasteiger partial charge is 0.0309 e. The molecule has 0 aromatic rings. The first-order valence-electron chi connectivity index (χ1n) is 6.56. The van der Waals surface area contributed by atoms with Crippen LogP contribution in [0.25, 0.3) is 0 Å². The summed E-state index contributed by atoms with van der Waals surface area (Å²) >= 11 is 0. The Morgan fingerprint density at radius 2 is 0.944 bits per heavy atom. The standard InChI is InChI=1S/C18H16/c1-17-13-5-3-6-14(17)10-12-16-8-4-7-15(11-9-13)18(16,17)2/h3-12H,1-2H3/t17-,18-. The molecule has 0 saturated carbocycles. The average molecular weight is 232 g/mol. The van der Waals surface area contributed by atoms with Crippen LogP contribution in [0.15, 0.2) is 83.1 Å². The molecule has 0 aliphatic heterocycles. The fourth-order valence-electron chi connectivity index (χ4n) is 3.91. The molecule has 0 saturated heterocycles. The Balaban J connectivity index is 2.15. The van der Waals surface area contributed by atoms with Gasteiger partial charge >= 0.3 is 0 Å². The van der Waals surface area contributed by atoms with E-state index >= 15 is 0 Å². The minimum absolute atomic E-state index is 0.0805. The van der Waals surface area contributed by atoms with Crippen LogP contribution in [-0.4, -0.2) is 0 Å². The van der Waals surface area contributed by atoms with Crippen LogP contribution in [-0.2, 0) is 0 Å². The lowest BCUT2D eigenvalue weighted by molar-refractivity contribution is 0.249. The lowest BCUT2D eigenvalue weighted by Gasteiger charge is -2.55. The Kier molecular flexibility index (Phi) is 1.66. The summed E-state index contributed by atoms with van der Waals surface area (Å²) in [6.07, 6.45) is 22.5. The molecule has 4 aliphatic carbocycles. The van der Waals surface area contributed by atoms with Gasteiger partial charge in [0, 0.05) is 10.8 Å². The van der Waals surface area contributed by atoms with Gasteiger partial charge in [0.2, 0.25) is 0 Å². The minimum Gasteiger partial charge on any atom is -0.0617 e. The molecule has 2 atom stereocenters. The predicted octanol–water partition coefficient (Wildman–Crippen LogP) is 4.43. The largest absolute Gasteiger partial charge is 0.0617 e. The van der Waals surface area contributed by atoms with Crippen LogP contribution < -0.4 is 0 Å². The molecule has 0 spiro atoms. The van der Waals surface area contributed by atoms with E-state index in [2.05, 4.69) is 74.6 Å². The van der Waals surface area contributed by atoms with Gasteiger partial charge in [0.15, 0.2) is 0 Å². The quantitative estimate of drug-likeness (QED) is 0.579. The van der Waals surface area contributed by atoms with E-state index in [0.717, 1.165) is 0 Å². The third kappa shape index (κ3) is 0.871. The Morgan fingerprint density at radius 1 is 0.556 bits per heavy atom. The summed E-state index contributed by atoms with van der Waals surface area (Å²) in [4.78, 5) is 0. The van der Waals surface area contributed by atoms with Crippen LogP contribution in [0.2, 0.25) is 0 Å². The zero-order chi connectivity index (χ0) is 12.4. The minimum atomic E-state index is 0.0805. The van der Waals surface area contributed by atoms with E-state index in [1.807, 2.05) is 0 Å². The van der Waals surface area contributed by atoms with Gasteiger partial charge in [-0.1, -0.05) is 74.6 Å². The van der Waals surface area contributed by atoms with E-state index in [1.54, 1.807) is 0 Å². The van der Waals surface area contributed by atoms with E-state index in [1.165, 1.54) is 22.3 Å². The van der Waals surface area contributed by atoms with Gasteiger partial charge in [-0.2, -0.15) is 0 Å². The highest BCUT2D eigenvalue weighted by molar-refractivity contribution is 5.66. The highest BCUT2D eigenvalue weighted by Gasteiger charge is 2.55. The van der Waals surface area contributed by atoms with Crippen LogP contribution in [0.5, 0.6) is 0 Å². The summed E-state index contributed by atoms with van der Waals surface area (Å²) in [5, 5.41) is 0. The third-order valence-corrected chi connectivity index (χ3v) is 5.30. The van der Waals surface area contributed by atoms with Gasteiger partial charge in [-0.3, -0.25) is 0 Å². The number of allylic oxidation sites excluding steroid dienone is 14. The average Bonchev–Trinajstić information content (AvgIpc) is 2.37. The molecule has 88 valence electrons. The molecule has 4 rings (SSSR count). The SMILES string of the molecule is C[C@@]12C3=CC=CC1=CC=C1C=CC=C(C=C3)[C@]12C. The first kappa shape index (κ1) is 10.1. The lowest BCUT2D eigenvalue weighted by atomic mass is 9.47. The molecular formula is C18H16. The third-order valence-electron chi connectivity index (χ3n) is 5.30. The van der Waals surface area contributed by atoms with Crippen LogP contribution >= 0.6 is 0 Å². The van der Waals surface area contributed by atoms with Crippen LogP contribution in [0.4, 0.5) is 0 Å². The number of rotatable bonds is 0. The molecular weight excluding hydrogens is 216 g/mol. The van der Waals surface area contributed by atoms with Gasteiger partial charge in [0.05, 0.1) is 0 Å². The Labute approximate surface area is 108 Å². The van der Waals surface area contributed by atoms with Gasteiger partial charge in [0.1, 0.15) is 0 Å². The Bertz CT molecular complexity index is 600. The normalized spacial score (nSPS) is 38.6. The molecule has 0 aromatic carbocycles. The maximum atomic E-state index is 2.39. The summed E-state index contributed by atoms with van der Waals surface area (Å²) in [5.41, 5.74) is 5.87. The second-order valence-electron chi connectivity index (χ2n) is 5.79. The molecule has 0 bridgehead atoms. The van der Waals surface area contributed by atoms with Crippen molar-refractivity contribution in [1.29, 1.82) is 0 Å². The lowest BCUT2D eigenvalue weighted by Crippen LogP contribution is -2.46. The van der Waals surface area contributed by atoms with E-state index in [9.17, 15) is 0 Å². The van der Waals surface area contributed by atoms with Crippen LogP contribution in [0.3, 0.4) is 0 Å². The summed E-state index contributed by atoms with van der Waals surface area (Å²) in [6.45, 7) is 4.77. The van der Waals surface area contributed by atoms with Crippen molar-refractivity contribution >= 4 is 0 Å². The second kappa shape index (κ2) is 2.95. The topological polar surface area (TPSA) is 0 Å². The highest BCUT2D eigenvalue weighted by atomic mass is 14.6. The van der Waals surface area contributed by atoms with Crippen molar-refractivity contribution in [3.63, 3.8) is 0 Å². The Hall–Kier alpha value is -1.82. The molecule has 0 fully saturated rings. The zero-order valence-electron chi connectivity index (χ0n) is 10.8. The maximum Gasteiger partial charge on any atom is 0.0309 e. The van der Waals surface area contributed by atoms with Crippen molar-refractivity contribution < 1.29 is 0 Å². The first-order valence-corrected chi connectivity index (χ1v) is 6.56. The van der Waals surface area contributed by atoms with Crippen molar-refractivity contribution in [2.75, 3.05) is 0 Å². The summed E-state index contributed by atoms with van der Waals surface area (Å²) in [7, 11) is 0. The van der Waals surface area contributed by atoms with E-state index in [4.69, 9.17) is 0 Å². The van der Waals surface area contributed by atoms with Crippen LogP contribution in [0, 0.1) is 10.8 Å². The van der Waals surface area contributed by atoms with E-state index < -0.39 is 0 Å². The fraction of sp³-hybridized carbons (Fsp3) is 0.222. The van der Waals surface area contributed by atoms with E-state index in [0.29, 0.717) is 0 Å². The van der Waals surface area contributed by atoms with Gasteiger partial charge in [-0.15, -0.1) is 0 Å². The molecule has 0 nitrogen and oxygen atoms in total. The summed E-state index contributed by atoms with van der Waals surface area (Å²) < 4.78 is 0.